The maximum Gasteiger partial charge on any atom is 0.416 e. The van der Waals surface area contributed by atoms with E-state index in [0.29, 0.717) is 11.3 Å². The number of carbonyl (C=O) groups is 1. The molecule has 0 bridgehead atoms. The van der Waals surface area contributed by atoms with Crippen LogP contribution in [-0.4, -0.2) is 16.8 Å². The standard InChI is InChI=1S/C25H22F3NO3/c1-16(29)23(14-24(30)31)19-7-11-22(12-8-19)32-15-17-3-2-4-20(13-17)18-5-9-21(10-6-18)25(26,27)28/h2-13,23,29H,14-15H2,1H3,(H,30,31). The lowest BCUT2D eigenvalue weighted by Gasteiger charge is -2.15. The van der Waals surface area contributed by atoms with Crippen LogP contribution >= 0.6 is 0 Å². The molecule has 1 unspecified atom stereocenters. The van der Waals surface area contributed by atoms with Crippen LogP contribution < -0.4 is 4.74 Å². The summed E-state index contributed by atoms with van der Waals surface area (Å²) in [7, 11) is 0. The van der Waals surface area contributed by atoms with E-state index in [-0.39, 0.29) is 18.7 Å². The summed E-state index contributed by atoms with van der Waals surface area (Å²) in [6.45, 7) is 1.84. The number of alkyl halides is 3. The number of halogens is 3. The summed E-state index contributed by atoms with van der Waals surface area (Å²) in [5.74, 6) is -0.859. The monoisotopic (exact) mass is 441 g/mol. The Balaban J connectivity index is 1.67. The average Bonchev–Trinajstić information content (AvgIpc) is 2.76. The van der Waals surface area contributed by atoms with Crippen LogP contribution in [0, 0.1) is 5.41 Å². The SMILES string of the molecule is CC(=N)C(CC(=O)O)c1ccc(OCc2cccc(-c3ccc(C(F)(F)F)cc3)c2)cc1. The molecule has 4 nitrogen and oxygen atoms in total. The van der Waals surface area contributed by atoms with Gasteiger partial charge in [-0.25, -0.2) is 0 Å². The van der Waals surface area contributed by atoms with Gasteiger partial charge in [-0.1, -0.05) is 42.5 Å². The zero-order valence-electron chi connectivity index (χ0n) is 17.3. The number of aliphatic carboxylic acids is 1. The molecule has 3 aromatic carbocycles. The van der Waals surface area contributed by atoms with Crippen LogP contribution in [0.2, 0.25) is 0 Å². The van der Waals surface area contributed by atoms with Crippen LogP contribution in [0.1, 0.15) is 36.0 Å². The second kappa shape index (κ2) is 9.68. The first-order valence-corrected chi connectivity index (χ1v) is 9.89. The fraction of sp³-hybridized carbons (Fsp3) is 0.200. The highest BCUT2D eigenvalue weighted by Crippen LogP contribution is 2.31. The van der Waals surface area contributed by atoms with E-state index in [1.165, 1.54) is 12.1 Å². The van der Waals surface area contributed by atoms with Crippen molar-refractivity contribution in [2.75, 3.05) is 0 Å². The van der Waals surface area contributed by atoms with Crippen LogP contribution in [0.5, 0.6) is 5.75 Å². The maximum atomic E-state index is 12.8. The molecule has 0 amide bonds. The summed E-state index contributed by atoms with van der Waals surface area (Å²) in [4.78, 5) is 11.0. The summed E-state index contributed by atoms with van der Waals surface area (Å²) in [6.07, 6.45) is -4.51. The lowest BCUT2D eigenvalue weighted by molar-refractivity contribution is -0.138. The predicted octanol–water partition coefficient (Wildman–Crippen LogP) is 6.55. The number of ether oxygens (including phenoxy) is 1. The van der Waals surface area contributed by atoms with E-state index < -0.39 is 23.6 Å². The Morgan fingerprint density at radius 2 is 1.66 bits per heavy atom. The zero-order chi connectivity index (χ0) is 23.3. The summed E-state index contributed by atoms with van der Waals surface area (Å²) in [6, 6.07) is 19.3. The predicted molar refractivity (Wildman–Crippen MR) is 116 cm³/mol. The van der Waals surface area contributed by atoms with Gasteiger partial charge in [0.15, 0.2) is 0 Å². The molecule has 0 saturated carbocycles. The highest BCUT2D eigenvalue weighted by Gasteiger charge is 2.29. The minimum absolute atomic E-state index is 0.147. The van der Waals surface area contributed by atoms with E-state index in [9.17, 15) is 18.0 Å². The molecule has 0 heterocycles. The maximum absolute atomic E-state index is 12.8. The first kappa shape index (κ1) is 23.1. The van der Waals surface area contributed by atoms with E-state index in [1.807, 2.05) is 24.3 Å². The Kier molecular flexibility index (Phi) is 6.98. The molecular formula is C25H22F3NO3. The third kappa shape index (κ3) is 5.97. The summed E-state index contributed by atoms with van der Waals surface area (Å²) in [5, 5.41) is 16.9. The second-order valence-electron chi connectivity index (χ2n) is 7.47. The molecule has 1 atom stereocenters. The van der Waals surface area contributed by atoms with Crippen molar-refractivity contribution in [3.05, 3.63) is 89.5 Å². The smallest absolute Gasteiger partial charge is 0.416 e. The van der Waals surface area contributed by atoms with Gasteiger partial charge in [0, 0.05) is 11.6 Å². The number of carboxylic acids is 1. The van der Waals surface area contributed by atoms with E-state index in [2.05, 4.69) is 0 Å². The number of benzene rings is 3. The Morgan fingerprint density at radius 1 is 1.00 bits per heavy atom. The molecule has 0 radical (unpaired) electrons. The highest BCUT2D eigenvalue weighted by molar-refractivity contribution is 5.89. The highest BCUT2D eigenvalue weighted by atomic mass is 19.4. The van der Waals surface area contributed by atoms with Crippen molar-refractivity contribution >= 4 is 11.7 Å². The number of nitrogens with one attached hydrogen (secondary N) is 1. The van der Waals surface area contributed by atoms with E-state index in [0.717, 1.165) is 28.8 Å². The molecule has 0 aliphatic carbocycles. The molecule has 0 aliphatic heterocycles. The van der Waals surface area contributed by atoms with Gasteiger partial charge in [0.2, 0.25) is 0 Å². The lowest BCUT2D eigenvalue weighted by Crippen LogP contribution is -2.13. The van der Waals surface area contributed by atoms with Crippen molar-refractivity contribution in [3.8, 4) is 16.9 Å². The van der Waals surface area contributed by atoms with Gasteiger partial charge >= 0.3 is 12.1 Å². The molecule has 0 spiro atoms. The molecule has 3 rings (SSSR count). The molecule has 0 saturated heterocycles. The van der Waals surface area contributed by atoms with E-state index >= 15 is 0 Å². The summed E-state index contributed by atoms with van der Waals surface area (Å²) in [5.41, 5.74) is 2.64. The van der Waals surface area contributed by atoms with Gasteiger partial charge in [0.1, 0.15) is 12.4 Å². The minimum Gasteiger partial charge on any atom is -0.489 e. The van der Waals surface area contributed by atoms with Crippen molar-refractivity contribution in [1.29, 1.82) is 5.41 Å². The Labute approximate surface area is 183 Å². The molecule has 32 heavy (non-hydrogen) atoms. The van der Waals surface area contributed by atoms with Crippen LogP contribution in [0.15, 0.2) is 72.8 Å². The summed E-state index contributed by atoms with van der Waals surface area (Å²) < 4.78 is 44.1. The van der Waals surface area contributed by atoms with Crippen LogP contribution in [0.25, 0.3) is 11.1 Å². The van der Waals surface area contributed by atoms with Crippen molar-refractivity contribution in [2.24, 2.45) is 0 Å². The number of hydrogen-bond acceptors (Lipinski definition) is 3. The van der Waals surface area contributed by atoms with Crippen molar-refractivity contribution in [3.63, 3.8) is 0 Å². The Hall–Kier alpha value is -3.61. The third-order valence-electron chi connectivity index (χ3n) is 5.06. The van der Waals surface area contributed by atoms with Crippen molar-refractivity contribution in [1.82, 2.24) is 0 Å². The van der Waals surface area contributed by atoms with Gasteiger partial charge in [-0.2, -0.15) is 13.2 Å². The molecule has 0 fully saturated rings. The zero-order valence-corrected chi connectivity index (χ0v) is 17.3. The van der Waals surface area contributed by atoms with Crippen molar-refractivity contribution < 1.29 is 27.8 Å². The van der Waals surface area contributed by atoms with Crippen LogP contribution in [0.4, 0.5) is 13.2 Å². The Bertz CT molecular complexity index is 1090. The van der Waals surface area contributed by atoms with Gasteiger partial charge in [-0.05, 0) is 59.5 Å². The molecule has 0 aliphatic rings. The number of rotatable bonds is 8. The molecule has 2 N–H and O–H groups in total. The van der Waals surface area contributed by atoms with Gasteiger partial charge in [0.25, 0.3) is 0 Å². The first-order chi connectivity index (χ1) is 15.1. The lowest BCUT2D eigenvalue weighted by atomic mass is 9.92. The molecule has 3 aromatic rings. The fourth-order valence-corrected chi connectivity index (χ4v) is 3.35. The Morgan fingerprint density at radius 3 is 2.22 bits per heavy atom. The van der Waals surface area contributed by atoms with Gasteiger partial charge < -0.3 is 15.3 Å². The van der Waals surface area contributed by atoms with Crippen LogP contribution in [-0.2, 0) is 17.6 Å². The summed E-state index contributed by atoms with van der Waals surface area (Å²) >= 11 is 0. The van der Waals surface area contributed by atoms with Gasteiger partial charge in [0.05, 0.1) is 12.0 Å². The first-order valence-electron chi connectivity index (χ1n) is 9.89. The minimum atomic E-state index is -4.37. The number of hydrogen-bond donors (Lipinski definition) is 2. The van der Waals surface area contributed by atoms with Gasteiger partial charge in [-0.3, -0.25) is 4.79 Å². The fourth-order valence-electron chi connectivity index (χ4n) is 3.35. The average molecular weight is 441 g/mol. The quantitative estimate of drug-likeness (QED) is 0.390. The third-order valence-corrected chi connectivity index (χ3v) is 5.06. The molecule has 7 heteroatoms. The normalized spacial score (nSPS) is 12.2. The second-order valence-corrected chi connectivity index (χ2v) is 7.47. The van der Waals surface area contributed by atoms with Gasteiger partial charge in [-0.15, -0.1) is 0 Å². The van der Waals surface area contributed by atoms with Crippen molar-refractivity contribution in [2.45, 2.75) is 32.0 Å². The van der Waals surface area contributed by atoms with E-state index in [1.54, 1.807) is 31.2 Å². The topological polar surface area (TPSA) is 70.4 Å². The molecular weight excluding hydrogens is 419 g/mol. The van der Waals surface area contributed by atoms with Crippen LogP contribution in [0.3, 0.4) is 0 Å². The van der Waals surface area contributed by atoms with E-state index in [4.69, 9.17) is 15.3 Å². The molecule has 0 aromatic heterocycles. The number of carboxylic acid groups (broad SMARTS) is 1. The largest absolute Gasteiger partial charge is 0.489 e. The molecule has 166 valence electrons.